The van der Waals surface area contributed by atoms with Crippen molar-refractivity contribution in [1.29, 1.82) is 0 Å². The molecule has 0 aromatic heterocycles. The van der Waals surface area contributed by atoms with Crippen LogP contribution in [0.15, 0.2) is 48.5 Å². The first-order valence-corrected chi connectivity index (χ1v) is 7.15. The van der Waals surface area contributed by atoms with E-state index in [0.717, 1.165) is 11.1 Å². The topological polar surface area (TPSA) is 20.3 Å². The van der Waals surface area contributed by atoms with Crippen LogP contribution in [0.1, 0.15) is 17.5 Å². The second kappa shape index (κ2) is 7.23. The number of nitrogens with zero attached hydrogens (tertiary/aromatic N) is 1. The molecule has 0 radical (unpaired) electrons. The van der Waals surface area contributed by atoms with E-state index in [-0.39, 0.29) is 11.7 Å². The molecule has 0 unspecified atom stereocenters. The molecular weight excluding hydrogens is 289 g/mol. The van der Waals surface area contributed by atoms with Crippen molar-refractivity contribution in [2.75, 3.05) is 7.05 Å². The van der Waals surface area contributed by atoms with Gasteiger partial charge in [-0.1, -0.05) is 35.9 Å². The van der Waals surface area contributed by atoms with Crippen LogP contribution in [0.2, 0.25) is 5.02 Å². The number of carbonyl (C=O) groups is 1. The fourth-order valence-electron chi connectivity index (χ4n) is 2.09. The summed E-state index contributed by atoms with van der Waals surface area (Å²) in [6.45, 7) is 0.541. The van der Waals surface area contributed by atoms with E-state index in [2.05, 4.69) is 0 Å². The number of carbonyl (C=O) groups excluding carboxylic acids is 1. The van der Waals surface area contributed by atoms with Crippen LogP contribution in [0, 0.1) is 5.82 Å². The zero-order valence-electron chi connectivity index (χ0n) is 11.9. The van der Waals surface area contributed by atoms with Gasteiger partial charge in [0.25, 0.3) is 0 Å². The summed E-state index contributed by atoms with van der Waals surface area (Å²) in [5, 5.41) is 0.679. The predicted octanol–water partition coefficient (Wildman–Crippen LogP) is 4.07. The molecule has 110 valence electrons. The molecular formula is C17H17ClFNO. The minimum atomic E-state index is -0.269. The third kappa shape index (κ3) is 4.87. The zero-order valence-corrected chi connectivity index (χ0v) is 12.6. The average molecular weight is 306 g/mol. The SMILES string of the molecule is CN(Cc1ccc(Cl)cc1)C(=O)CCc1cccc(F)c1. The van der Waals surface area contributed by atoms with Gasteiger partial charge in [0, 0.05) is 25.0 Å². The Labute approximate surface area is 129 Å². The van der Waals surface area contributed by atoms with Crippen LogP contribution in [0.25, 0.3) is 0 Å². The standard InChI is InChI=1S/C17H17ClFNO/c1-20(12-14-5-8-15(18)9-6-14)17(21)10-7-13-3-2-4-16(19)11-13/h2-6,8-9,11H,7,10,12H2,1H3. The molecule has 0 heterocycles. The number of halogens is 2. The van der Waals surface area contributed by atoms with Crippen molar-refractivity contribution < 1.29 is 9.18 Å². The van der Waals surface area contributed by atoms with Crippen LogP contribution in [0.4, 0.5) is 4.39 Å². The van der Waals surface area contributed by atoms with Crippen molar-refractivity contribution in [3.05, 3.63) is 70.5 Å². The monoisotopic (exact) mass is 305 g/mol. The number of benzene rings is 2. The zero-order chi connectivity index (χ0) is 15.2. The molecule has 0 bridgehead atoms. The van der Waals surface area contributed by atoms with Gasteiger partial charge in [-0.3, -0.25) is 4.79 Å². The smallest absolute Gasteiger partial charge is 0.222 e. The minimum absolute atomic E-state index is 0.0363. The Hall–Kier alpha value is -1.87. The van der Waals surface area contributed by atoms with Gasteiger partial charge in [-0.2, -0.15) is 0 Å². The van der Waals surface area contributed by atoms with Crippen molar-refractivity contribution in [3.8, 4) is 0 Å². The summed E-state index contributed by atoms with van der Waals surface area (Å²) in [4.78, 5) is 13.7. The second-order valence-corrected chi connectivity index (χ2v) is 5.44. The van der Waals surface area contributed by atoms with Crippen molar-refractivity contribution in [2.24, 2.45) is 0 Å². The molecule has 0 saturated heterocycles. The number of amides is 1. The molecule has 0 spiro atoms. The van der Waals surface area contributed by atoms with E-state index in [4.69, 9.17) is 11.6 Å². The van der Waals surface area contributed by atoms with Crippen molar-refractivity contribution in [3.63, 3.8) is 0 Å². The van der Waals surface area contributed by atoms with E-state index in [1.807, 2.05) is 30.3 Å². The maximum atomic E-state index is 13.1. The molecule has 0 aliphatic carbocycles. The lowest BCUT2D eigenvalue weighted by atomic mass is 10.1. The van der Waals surface area contributed by atoms with Crippen LogP contribution in [-0.4, -0.2) is 17.9 Å². The lowest BCUT2D eigenvalue weighted by Gasteiger charge is -2.17. The number of hydrogen-bond acceptors (Lipinski definition) is 1. The fourth-order valence-corrected chi connectivity index (χ4v) is 2.21. The number of aryl methyl sites for hydroxylation is 1. The van der Waals surface area contributed by atoms with Gasteiger partial charge >= 0.3 is 0 Å². The number of hydrogen-bond donors (Lipinski definition) is 0. The molecule has 0 fully saturated rings. The summed E-state index contributed by atoms with van der Waals surface area (Å²) in [7, 11) is 1.77. The maximum absolute atomic E-state index is 13.1. The molecule has 1 amide bonds. The predicted molar refractivity (Wildman–Crippen MR) is 82.6 cm³/mol. The van der Waals surface area contributed by atoms with E-state index < -0.39 is 0 Å². The highest BCUT2D eigenvalue weighted by Crippen LogP contribution is 2.12. The van der Waals surface area contributed by atoms with Gasteiger partial charge in [-0.15, -0.1) is 0 Å². The first-order chi connectivity index (χ1) is 10.0. The van der Waals surface area contributed by atoms with E-state index in [0.29, 0.717) is 24.4 Å². The summed E-state index contributed by atoms with van der Waals surface area (Å²) in [6.07, 6.45) is 0.912. The molecule has 0 aliphatic heterocycles. The van der Waals surface area contributed by atoms with Crippen LogP contribution < -0.4 is 0 Å². The third-order valence-corrected chi connectivity index (χ3v) is 3.53. The second-order valence-electron chi connectivity index (χ2n) is 5.01. The van der Waals surface area contributed by atoms with Gasteiger partial charge < -0.3 is 4.90 Å². The van der Waals surface area contributed by atoms with E-state index in [9.17, 15) is 9.18 Å². The Morgan fingerprint density at radius 2 is 1.86 bits per heavy atom. The largest absolute Gasteiger partial charge is 0.341 e. The molecule has 0 atom stereocenters. The van der Waals surface area contributed by atoms with Gasteiger partial charge in [0.15, 0.2) is 0 Å². The van der Waals surface area contributed by atoms with Crippen LogP contribution >= 0.6 is 11.6 Å². The Morgan fingerprint density at radius 3 is 2.52 bits per heavy atom. The van der Waals surface area contributed by atoms with Gasteiger partial charge in [0.05, 0.1) is 0 Å². The fraction of sp³-hybridized carbons (Fsp3) is 0.235. The normalized spacial score (nSPS) is 10.4. The Kier molecular flexibility index (Phi) is 5.34. The van der Waals surface area contributed by atoms with Gasteiger partial charge in [-0.25, -0.2) is 4.39 Å². The van der Waals surface area contributed by atoms with Gasteiger partial charge in [0.1, 0.15) is 5.82 Å². The summed E-state index contributed by atoms with van der Waals surface area (Å²) in [5.74, 6) is -0.233. The van der Waals surface area contributed by atoms with Crippen LogP contribution in [0.5, 0.6) is 0 Å². The molecule has 2 nitrogen and oxygen atoms in total. The number of rotatable bonds is 5. The van der Waals surface area contributed by atoms with Crippen LogP contribution in [0.3, 0.4) is 0 Å². The molecule has 0 aliphatic rings. The summed E-state index contributed by atoms with van der Waals surface area (Å²) in [5.41, 5.74) is 1.87. The van der Waals surface area contributed by atoms with Crippen LogP contribution in [-0.2, 0) is 17.8 Å². The first kappa shape index (κ1) is 15.5. The lowest BCUT2D eigenvalue weighted by Crippen LogP contribution is -2.26. The van der Waals surface area contributed by atoms with E-state index in [1.165, 1.54) is 12.1 Å². The molecule has 2 rings (SSSR count). The third-order valence-electron chi connectivity index (χ3n) is 3.28. The molecule has 2 aromatic carbocycles. The van der Waals surface area contributed by atoms with Crippen molar-refractivity contribution in [1.82, 2.24) is 4.90 Å². The molecule has 4 heteroatoms. The quantitative estimate of drug-likeness (QED) is 0.815. The first-order valence-electron chi connectivity index (χ1n) is 6.77. The maximum Gasteiger partial charge on any atom is 0.222 e. The Bertz CT molecular complexity index is 612. The lowest BCUT2D eigenvalue weighted by molar-refractivity contribution is -0.130. The molecule has 0 saturated carbocycles. The van der Waals surface area contributed by atoms with E-state index in [1.54, 1.807) is 18.0 Å². The van der Waals surface area contributed by atoms with Crippen molar-refractivity contribution >= 4 is 17.5 Å². The minimum Gasteiger partial charge on any atom is -0.341 e. The molecule has 0 N–H and O–H groups in total. The summed E-state index contributed by atoms with van der Waals surface area (Å²) >= 11 is 5.83. The highest BCUT2D eigenvalue weighted by molar-refractivity contribution is 6.30. The van der Waals surface area contributed by atoms with Gasteiger partial charge in [-0.05, 0) is 41.8 Å². The van der Waals surface area contributed by atoms with E-state index >= 15 is 0 Å². The highest BCUT2D eigenvalue weighted by Gasteiger charge is 2.09. The van der Waals surface area contributed by atoms with Crippen molar-refractivity contribution in [2.45, 2.75) is 19.4 Å². The average Bonchev–Trinajstić information content (AvgIpc) is 2.47. The summed E-state index contributed by atoms with van der Waals surface area (Å²) < 4.78 is 13.1. The summed E-state index contributed by atoms with van der Waals surface area (Å²) in [6, 6.07) is 13.8. The molecule has 2 aromatic rings. The Balaban J connectivity index is 1.86. The highest BCUT2D eigenvalue weighted by atomic mass is 35.5. The Morgan fingerprint density at radius 1 is 1.14 bits per heavy atom. The van der Waals surface area contributed by atoms with Gasteiger partial charge in [0.2, 0.25) is 5.91 Å². The molecule has 21 heavy (non-hydrogen) atoms.